The van der Waals surface area contributed by atoms with E-state index in [1.807, 2.05) is 6.92 Å². The number of rotatable bonds is 4. The number of para-hydroxylation sites is 1. The summed E-state index contributed by atoms with van der Waals surface area (Å²) in [6.07, 6.45) is 0.786. The van der Waals surface area contributed by atoms with Crippen molar-refractivity contribution in [1.82, 2.24) is 10.3 Å². The minimum atomic E-state index is -0.585. The van der Waals surface area contributed by atoms with Gasteiger partial charge in [-0.15, -0.1) is 0 Å². The quantitative estimate of drug-likeness (QED) is 0.682. The molecule has 0 aliphatic rings. The molecule has 0 aliphatic carbocycles. The van der Waals surface area contributed by atoms with Gasteiger partial charge in [0, 0.05) is 12.1 Å². The number of aromatic nitrogens is 1. The van der Waals surface area contributed by atoms with Gasteiger partial charge in [-0.05, 0) is 42.8 Å². The fourth-order valence-electron chi connectivity index (χ4n) is 2.65. The van der Waals surface area contributed by atoms with Gasteiger partial charge in [-0.1, -0.05) is 13.0 Å². The lowest BCUT2D eigenvalue weighted by Gasteiger charge is -2.11. The third-order valence-electron chi connectivity index (χ3n) is 3.92. The van der Waals surface area contributed by atoms with Gasteiger partial charge < -0.3 is 15.4 Å². The van der Waals surface area contributed by atoms with E-state index in [-0.39, 0.29) is 17.0 Å². The van der Waals surface area contributed by atoms with E-state index in [0.29, 0.717) is 23.2 Å². The lowest BCUT2D eigenvalue weighted by Crippen LogP contribution is -2.24. The fourth-order valence-corrected chi connectivity index (χ4v) is 2.65. The van der Waals surface area contributed by atoms with Crippen molar-refractivity contribution in [2.24, 2.45) is 0 Å². The summed E-state index contributed by atoms with van der Waals surface area (Å²) in [6, 6.07) is 10.1. The van der Waals surface area contributed by atoms with Crippen molar-refractivity contribution in [2.75, 3.05) is 6.54 Å². The molecule has 25 heavy (non-hydrogen) atoms. The van der Waals surface area contributed by atoms with E-state index in [1.165, 1.54) is 24.3 Å². The molecule has 1 heterocycles. The summed E-state index contributed by atoms with van der Waals surface area (Å²) in [5.74, 6) is -1.20. The molecule has 5 nitrogen and oxygen atoms in total. The number of aromatic hydroxyl groups is 1. The van der Waals surface area contributed by atoms with E-state index in [2.05, 4.69) is 10.3 Å². The molecule has 0 spiro atoms. The molecule has 3 N–H and O–H groups in total. The maximum absolute atomic E-state index is 13.1. The third-order valence-corrected chi connectivity index (χ3v) is 3.92. The van der Waals surface area contributed by atoms with E-state index < -0.39 is 17.0 Å². The number of H-pyrrole nitrogens is 1. The van der Waals surface area contributed by atoms with Crippen molar-refractivity contribution in [3.05, 3.63) is 64.1 Å². The second kappa shape index (κ2) is 6.76. The van der Waals surface area contributed by atoms with Crippen LogP contribution < -0.4 is 10.7 Å². The van der Waals surface area contributed by atoms with Crippen LogP contribution in [0.1, 0.15) is 23.7 Å². The predicted molar refractivity (Wildman–Crippen MR) is 94.3 cm³/mol. The molecule has 3 aromatic rings. The molecule has 6 heteroatoms. The average molecular weight is 340 g/mol. The zero-order valence-electron chi connectivity index (χ0n) is 13.6. The molecule has 0 saturated heterocycles. The summed E-state index contributed by atoms with van der Waals surface area (Å²) < 4.78 is 13.1. The third kappa shape index (κ3) is 3.10. The predicted octanol–water partition coefficient (Wildman–Crippen LogP) is 3.18. The summed E-state index contributed by atoms with van der Waals surface area (Å²) in [5.41, 5.74) is 0.651. The van der Waals surface area contributed by atoms with Crippen LogP contribution in [0.3, 0.4) is 0 Å². The lowest BCUT2D eigenvalue weighted by molar-refractivity contribution is 0.0955. The molecule has 0 atom stereocenters. The molecule has 0 radical (unpaired) electrons. The first-order valence-corrected chi connectivity index (χ1v) is 7.95. The molecule has 3 rings (SSSR count). The molecule has 0 fully saturated rings. The molecular weight excluding hydrogens is 323 g/mol. The van der Waals surface area contributed by atoms with Crippen LogP contribution in [0.2, 0.25) is 0 Å². The largest absolute Gasteiger partial charge is 0.503 e. The Labute approximate surface area is 143 Å². The van der Waals surface area contributed by atoms with Gasteiger partial charge >= 0.3 is 0 Å². The first-order chi connectivity index (χ1) is 12.0. The van der Waals surface area contributed by atoms with Gasteiger partial charge in [0.15, 0.2) is 5.75 Å². The van der Waals surface area contributed by atoms with Crippen molar-refractivity contribution in [3.63, 3.8) is 0 Å². The van der Waals surface area contributed by atoms with Crippen LogP contribution in [-0.4, -0.2) is 22.5 Å². The zero-order chi connectivity index (χ0) is 18.0. The van der Waals surface area contributed by atoms with Crippen molar-refractivity contribution < 1.29 is 14.3 Å². The number of fused-ring (bicyclic) bond motifs is 1. The summed E-state index contributed by atoms with van der Waals surface area (Å²) in [4.78, 5) is 27.8. The maximum Gasteiger partial charge on any atom is 0.253 e. The summed E-state index contributed by atoms with van der Waals surface area (Å²) >= 11 is 0. The number of hydrogen-bond acceptors (Lipinski definition) is 3. The molecule has 1 amide bonds. The summed E-state index contributed by atoms with van der Waals surface area (Å²) in [7, 11) is 0. The second-order valence-corrected chi connectivity index (χ2v) is 5.67. The smallest absolute Gasteiger partial charge is 0.253 e. The Morgan fingerprint density at radius 3 is 2.60 bits per heavy atom. The first kappa shape index (κ1) is 16.7. The Bertz CT molecular complexity index is 994. The van der Waals surface area contributed by atoms with Gasteiger partial charge in [0.1, 0.15) is 5.82 Å². The Morgan fingerprint density at radius 2 is 1.92 bits per heavy atom. The molecule has 0 bridgehead atoms. The number of carbonyl (C=O) groups is 1. The van der Waals surface area contributed by atoms with Gasteiger partial charge in [0.05, 0.1) is 22.2 Å². The van der Waals surface area contributed by atoms with Crippen molar-refractivity contribution in [3.8, 4) is 17.0 Å². The fraction of sp³-hybridized carbons (Fsp3) is 0.158. The molecule has 0 unspecified atom stereocenters. The van der Waals surface area contributed by atoms with Crippen LogP contribution in [0, 0.1) is 5.82 Å². The Kier molecular flexibility index (Phi) is 4.52. The number of pyridine rings is 1. The van der Waals surface area contributed by atoms with E-state index in [1.54, 1.807) is 18.2 Å². The molecular formula is C19H17FN2O3. The van der Waals surface area contributed by atoms with Crippen LogP contribution in [0.15, 0.2) is 47.3 Å². The standard InChI is InChI=1S/C19H17FN2O3/c1-2-10-21-19(25)14-5-3-4-13-16(14)22-15(18(24)17(13)23)11-6-8-12(20)9-7-11/h3-9,24H,2,10H2,1H3,(H,21,25)(H,22,23). The number of benzene rings is 2. The van der Waals surface area contributed by atoms with Crippen LogP contribution >= 0.6 is 0 Å². The van der Waals surface area contributed by atoms with Crippen LogP contribution in [-0.2, 0) is 0 Å². The van der Waals surface area contributed by atoms with E-state index >= 15 is 0 Å². The Balaban J connectivity index is 2.23. The van der Waals surface area contributed by atoms with Crippen LogP contribution in [0.25, 0.3) is 22.2 Å². The van der Waals surface area contributed by atoms with Gasteiger partial charge in [-0.2, -0.15) is 0 Å². The lowest BCUT2D eigenvalue weighted by atomic mass is 10.0. The van der Waals surface area contributed by atoms with E-state index in [0.717, 1.165) is 6.42 Å². The van der Waals surface area contributed by atoms with E-state index in [4.69, 9.17) is 0 Å². The van der Waals surface area contributed by atoms with Gasteiger partial charge in [-0.25, -0.2) is 4.39 Å². The number of carbonyl (C=O) groups excluding carboxylic acids is 1. The Hall–Kier alpha value is -3.15. The molecule has 1 aromatic heterocycles. The van der Waals surface area contributed by atoms with Crippen molar-refractivity contribution in [1.29, 1.82) is 0 Å². The minimum Gasteiger partial charge on any atom is -0.503 e. The number of nitrogens with one attached hydrogen (secondary N) is 2. The normalized spacial score (nSPS) is 10.8. The average Bonchev–Trinajstić information content (AvgIpc) is 2.63. The highest BCUT2D eigenvalue weighted by Crippen LogP contribution is 2.28. The van der Waals surface area contributed by atoms with E-state index in [9.17, 15) is 19.1 Å². The van der Waals surface area contributed by atoms with Crippen molar-refractivity contribution >= 4 is 16.8 Å². The number of hydrogen-bond donors (Lipinski definition) is 3. The van der Waals surface area contributed by atoms with Crippen LogP contribution in [0.5, 0.6) is 5.75 Å². The topological polar surface area (TPSA) is 82.2 Å². The molecule has 0 aliphatic heterocycles. The van der Waals surface area contributed by atoms with Gasteiger partial charge in [0.2, 0.25) is 5.43 Å². The number of aromatic amines is 1. The van der Waals surface area contributed by atoms with Crippen LogP contribution in [0.4, 0.5) is 4.39 Å². The molecule has 128 valence electrons. The zero-order valence-corrected chi connectivity index (χ0v) is 13.6. The minimum absolute atomic E-state index is 0.147. The SMILES string of the molecule is CCCNC(=O)c1cccc2c(=O)c(O)c(-c3ccc(F)cc3)[nH]c12. The highest BCUT2D eigenvalue weighted by atomic mass is 19.1. The van der Waals surface area contributed by atoms with Gasteiger partial charge in [0.25, 0.3) is 5.91 Å². The number of halogens is 1. The Morgan fingerprint density at radius 1 is 1.20 bits per heavy atom. The first-order valence-electron chi connectivity index (χ1n) is 7.95. The summed E-state index contributed by atoms with van der Waals surface area (Å²) in [6.45, 7) is 2.46. The second-order valence-electron chi connectivity index (χ2n) is 5.67. The monoisotopic (exact) mass is 340 g/mol. The maximum atomic E-state index is 13.1. The molecule has 2 aromatic carbocycles. The molecule has 0 saturated carbocycles. The van der Waals surface area contributed by atoms with Crippen molar-refractivity contribution in [2.45, 2.75) is 13.3 Å². The summed E-state index contributed by atoms with van der Waals surface area (Å²) in [5, 5.41) is 13.2. The highest BCUT2D eigenvalue weighted by molar-refractivity contribution is 6.06. The van der Waals surface area contributed by atoms with Gasteiger partial charge in [-0.3, -0.25) is 9.59 Å². The highest BCUT2D eigenvalue weighted by Gasteiger charge is 2.17. The number of amides is 1.